The molecule has 0 radical (unpaired) electrons. The van der Waals surface area contributed by atoms with Crippen molar-refractivity contribution in [3.05, 3.63) is 52.5 Å². The maximum Gasteiger partial charge on any atom is 0.183 e. The Bertz CT molecular complexity index is 1050. The molecular weight excluding hydrogens is 432 g/mol. The molecule has 2 N–H and O–H groups in total. The summed E-state index contributed by atoms with van der Waals surface area (Å²) in [6, 6.07) is 12.7. The van der Waals surface area contributed by atoms with Gasteiger partial charge in [-0.2, -0.15) is 0 Å². The molecule has 1 spiro atoms. The molecule has 0 amide bonds. The average molecular weight is 457 g/mol. The summed E-state index contributed by atoms with van der Waals surface area (Å²) in [6.45, 7) is 2.86. The topological polar surface area (TPSA) is 49.3 Å². The molecular formula is C23H25ClN4S2. The fraction of sp³-hybridized carbons (Fsp3) is 0.391. The van der Waals surface area contributed by atoms with E-state index in [4.69, 9.17) is 16.6 Å². The van der Waals surface area contributed by atoms with Gasteiger partial charge in [0, 0.05) is 23.0 Å². The van der Waals surface area contributed by atoms with Gasteiger partial charge in [-0.25, -0.2) is 4.98 Å². The van der Waals surface area contributed by atoms with Crippen LogP contribution in [0.3, 0.4) is 0 Å². The lowest BCUT2D eigenvalue weighted by Gasteiger charge is -2.16. The molecule has 5 rings (SSSR count). The van der Waals surface area contributed by atoms with Crippen molar-refractivity contribution in [1.82, 2.24) is 4.98 Å². The van der Waals surface area contributed by atoms with Gasteiger partial charge in [0.25, 0.3) is 0 Å². The largest absolute Gasteiger partial charge is 0.361 e. The van der Waals surface area contributed by atoms with Crippen LogP contribution in [0.5, 0.6) is 0 Å². The van der Waals surface area contributed by atoms with Gasteiger partial charge in [-0.15, -0.1) is 0 Å². The second-order valence-corrected chi connectivity index (χ2v) is 10.6. The number of thiazole rings is 1. The number of benzene rings is 2. The van der Waals surface area contributed by atoms with Crippen molar-refractivity contribution in [2.45, 2.75) is 44.6 Å². The molecule has 1 aromatic heterocycles. The first kappa shape index (κ1) is 20.2. The van der Waals surface area contributed by atoms with Crippen LogP contribution >= 0.6 is 34.7 Å². The molecule has 0 bridgehead atoms. The van der Waals surface area contributed by atoms with Gasteiger partial charge in [0.1, 0.15) is 0 Å². The van der Waals surface area contributed by atoms with Crippen molar-refractivity contribution < 1.29 is 0 Å². The molecule has 7 heteroatoms. The van der Waals surface area contributed by atoms with Crippen molar-refractivity contribution in [3.8, 4) is 0 Å². The number of aryl methyl sites for hydroxylation is 1. The van der Waals surface area contributed by atoms with E-state index in [1.54, 1.807) is 11.3 Å². The van der Waals surface area contributed by atoms with Crippen LogP contribution < -0.4 is 10.6 Å². The highest BCUT2D eigenvalue weighted by molar-refractivity contribution is 8.14. The van der Waals surface area contributed by atoms with Crippen LogP contribution in [0.25, 0.3) is 10.2 Å². The summed E-state index contributed by atoms with van der Waals surface area (Å²) in [5.74, 6) is 1.14. The van der Waals surface area contributed by atoms with E-state index in [2.05, 4.69) is 39.9 Å². The van der Waals surface area contributed by atoms with Crippen LogP contribution in [0.15, 0.2) is 41.4 Å². The predicted molar refractivity (Wildman–Crippen MR) is 133 cm³/mol. The smallest absolute Gasteiger partial charge is 0.183 e. The zero-order valence-corrected chi connectivity index (χ0v) is 19.4. The first-order valence-electron chi connectivity index (χ1n) is 10.5. The highest BCUT2D eigenvalue weighted by Crippen LogP contribution is 2.41. The zero-order valence-electron chi connectivity index (χ0n) is 17.0. The van der Waals surface area contributed by atoms with E-state index in [0.717, 1.165) is 55.5 Å². The van der Waals surface area contributed by atoms with E-state index in [-0.39, 0.29) is 5.54 Å². The fourth-order valence-corrected chi connectivity index (χ4v) is 6.50. The number of thioether (sulfide) groups is 1. The van der Waals surface area contributed by atoms with E-state index in [1.165, 1.54) is 31.2 Å². The molecule has 3 aromatic rings. The molecule has 2 aliphatic rings. The Morgan fingerprint density at radius 1 is 1.13 bits per heavy atom. The molecule has 4 nitrogen and oxygen atoms in total. The van der Waals surface area contributed by atoms with Crippen molar-refractivity contribution in [2.75, 3.05) is 22.9 Å². The zero-order chi connectivity index (χ0) is 20.6. The predicted octanol–water partition coefficient (Wildman–Crippen LogP) is 6.74. The van der Waals surface area contributed by atoms with E-state index in [1.807, 2.05) is 30.8 Å². The van der Waals surface area contributed by atoms with Gasteiger partial charge in [0.2, 0.25) is 0 Å². The number of rotatable bonds is 5. The molecule has 30 heavy (non-hydrogen) atoms. The molecule has 1 saturated carbocycles. The second-order valence-electron chi connectivity index (χ2n) is 8.22. The van der Waals surface area contributed by atoms with E-state index in [9.17, 15) is 0 Å². The molecule has 156 valence electrons. The minimum atomic E-state index is 0.225. The molecule has 1 aliphatic heterocycles. The summed E-state index contributed by atoms with van der Waals surface area (Å²) >= 11 is 9.74. The van der Waals surface area contributed by atoms with Crippen LogP contribution in [-0.4, -0.2) is 28.0 Å². The van der Waals surface area contributed by atoms with Crippen LogP contribution in [0.4, 0.5) is 10.8 Å². The Hall–Kier alpha value is -1.76. The van der Waals surface area contributed by atoms with Crippen molar-refractivity contribution in [2.24, 2.45) is 4.99 Å². The monoisotopic (exact) mass is 456 g/mol. The average Bonchev–Trinajstić information content (AvgIpc) is 3.45. The number of anilines is 2. The minimum absolute atomic E-state index is 0.225. The van der Waals surface area contributed by atoms with E-state index < -0.39 is 0 Å². The summed E-state index contributed by atoms with van der Waals surface area (Å²) in [6.07, 6.45) is 6.10. The van der Waals surface area contributed by atoms with Crippen LogP contribution in [0.2, 0.25) is 5.02 Å². The number of nitrogens with zero attached hydrogens (tertiary/aromatic N) is 2. The Labute approximate surface area is 190 Å². The third-order valence-corrected chi connectivity index (χ3v) is 8.45. The van der Waals surface area contributed by atoms with Gasteiger partial charge in [-0.3, -0.25) is 4.99 Å². The second kappa shape index (κ2) is 8.40. The number of amidine groups is 1. The maximum absolute atomic E-state index is 6.22. The van der Waals surface area contributed by atoms with E-state index in [0.29, 0.717) is 0 Å². The van der Waals surface area contributed by atoms with Crippen molar-refractivity contribution >= 4 is 60.9 Å². The molecule has 2 aromatic carbocycles. The molecule has 0 atom stereocenters. The minimum Gasteiger partial charge on any atom is -0.361 e. The highest BCUT2D eigenvalue weighted by Gasteiger charge is 2.38. The Balaban J connectivity index is 1.15. The SMILES string of the molecule is Cc1cc2nc(NCCc3ccc(NC4=NC5(CCCC5)CS4)cc3)sc2cc1Cl. The quantitative estimate of drug-likeness (QED) is 0.446. The van der Waals surface area contributed by atoms with Gasteiger partial charge in [-0.05, 0) is 61.6 Å². The third-order valence-electron chi connectivity index (χ3n) is 5.91. The summed E-state index contributed by atoms with van der Waals surface area (Å²) in [5.41, 5.74) is 4.72. The van der Waals surface area contributed by atoms with Gasteiger partial charge in [-0.1, -0.05) is 59.7 Å². The van der Waals surface area contributed by atoms with Gasteiger partial charge in [0.15, 0.2) is 10.3 Å². The van der Waals surface area contributed by atoms with Gasteiger partial charge < -0.3 is 10.6 Å². The summed E-state index contributed by atoms with van der Waals surface area (Å²) in [5, 5.41) is 9.78. The van der Waals surface area contributed by atoms with Crippen LogP contribution in [-0.2, 0) is 6.42 Å². The lowest BCUT2D eigenvalue weighted by atomic mass is 10.0. The molecule has 0 saturated heterocycles. The number of hydrogen-bond acceptors (Lipinski definition) is 6. The number of aromatic nitrogens is 1. The summed E-state index contributed by atoms with van der Waals surface area (Å²) < 4.78 is 1.12. The Morgan fingerprint density at radius 3 is 2.73 bits per heavy atom. The molecule has 1 aliphatic carbocycles. The normalized spacial score (nSPS) is 17.6. The third kappa shape index (κ3) is 4.32. The molecule has 1 fully saturated rings. The lowest BCUT2D eigenvalue weighted by Crippen LogP contribution is -2.21. The highest BCUT2D eigenvalue weighted by atomic mass is 35.5. The Morgan fingerprint density at radius 2 is 1.93 bits per heavy atom. The fourth-order valence-electron chi connectivity index (χ4n) is 4.16. The Kier molecular flexibility index (Phi) is 5.65. The molecule has 0 unspecified atom stereocenters. The first-order valence-corrected chi connectivity index (χ1v) is 12.7. The number of halogens is 1. The first-order chi connectivity index (χ1) is 14.6. The molecule has 2 heterocycles. The summed E-state index contributed by atoms with van der Waals surface area (Å²) in [7, 11) is 0. The van der Waals surface area contributed by atoms with Crippen molar-refractivity contribution in [3.63, 3.8) is 0 Å². The van der Waals surface area contributed by atoms with Gasteiger partial charge >= 0.3 is 0 Å². The van der Waals surface area contributed by atoms with E-state index >= 15 is 0 Å². The number of nitrogens with one attached hydrogen (secondary N) is 2. The van der Waals surface area contributed by atoms with Gasteiger partial charge in [0.05, 0.1) is 15.8 Å². The van der Waals surface area contributed by atoms with Crippen LogP contribution in [0, 0.1) is 6.92 Å². The number of hydrogen-bond donors (Lipinski definition) is 2. The maximum atomic E-state index is 6.22. The number of aliphatic imine (C=N–C) groups is 1. The number of fused-ring (bicyclic) bond motifs is 1. The van der Waals surface area contributed by atoms with Crippen LogP contribution in [0.1, 0.15) is 36.8 Å². The standard InChI is InChI=1S/C23H25ClN4S2/c1-15-12-19-20(13-18(15)24)30-21(27-19)25-11-8-16-4-6-17(7-5-16)26-22-28-23(14-29-22)9-2-3-10-23/h4-7,12-13H,2-3,8-11,14H2,1H3,(H,25,27)(H,26,28). The lowest BCUT2D eigenvalue weighted by molar-refractivity contribution is 0.508. The van der Waals surface area contributed by atoms with Crippen molar-refractivity contribution in [1.29, 1.82) is 0 Å². The summed E-state index contributed by atoms with van der Waals surface area (Å²) in [4.78, 5) is 9.66.